The molecule has 0 bridgehead atoms. The lowest BCUT2D eigenvalue weighted by Gasteiger charge is -2.34. The normalized spacial score (nSPS) is 15.3. The summed E-state index contributed by atoms with van der Waals surface area (Å²) < 4.78 is 25.8. The fourth-order valence-electron chi connectivity index (χ4n) is 3.70. The van der Waals surface area contributed by atoms with Crippen molar-refractivity contribution in [2.45, 2.75) is 0 Å². The number of sulfonamides is 1. The number of hydrogen-bond donors (Lipinski definition) is 1. The zero-order chi connectivity index (χ0) is 21.3. The van der Waals surface area contributed by atoms with E-state index in [0.717, 1.165) is 20.9 Å². The molecule has 3 aromatic carbocycles. The van der Waals surface area contributed by atoms with Crippen molar-refractivity contribution < 1.29 is 13.2 Å². The van der Waals surface area contributed by atoms with Crippen LogP contribution in [0.3, 0.4) is 0 Å². The Morgan fingerprint density at radius 2 is 1.53 bits per heavy atom. The van der Waals surface area contributed by atoms with Crippen molar-refractivity contribution in [3.8, 4) is 0 Å². The van der Waals surface area contributed by atoms with Gasteiger partial charge in [-0.15, -0.1) is 0 Å². The first-order valence-electron chi connectivity index (χ1n) is 9.62. The van der Waals surface area contributed by atoms with E-state index in [0.29, 0.717) is 37.4 Å². The molecular formula is C22H22BrN3O3S. The lowest BCUT2D eigenvalue weighted by molar-refractivity contribution is 0.102. The Morgan fingerprint density at radius 1 is 0.900 bits per heavy atom. The maximum absolute atomic E-state index is 12.9. The van der Waals surface area contributed by atoms with E-state index in [2.05, 4.69) is 26.1 Å². The van der Waals surface area contributed by atoms with Crippen LogP contribution in [-0.2, 0) is 10.0 Å². The minimum Gasteiger partial charge on any atom is -0.369 e. The number of nitrogens with one attached hydrogen (secondary N) is 1. The van der Waals surface area contributed by atoms with E-state index >= 15 is 0 Å². The van der Waals surface area contributed by atoms with Crippen LogP contribution in [0.15, 0.2) is 65.1 Å². The largest absolute Gasteiger partial charge is 0.369 e. The molecule has 0 radical (unpaired) electrons. The van der Waals surface area contributed by atoms with Gasteiger partial charge in [-0.05, 0) is 47.2 Å². The first kappa shape index (κ1) is 20.8. The van der Waals surface area contributed by atoms with Crippen LogP contribution in [0, 0.1) is 0 Å². The lowest BCUT2D eigenvalue weighted by atomic mass is 10.0. The molecule has 0 aromatic heterocycles. The van der Waals surface area contributed by atoms with E-state index in [1.54, 1.807) is 0 Å². The molecule has 156 valence electrons. The monoisotopic (exact) mass is 487 g/mol. The molecule has 6 nitrogen and oxygen atoms in total. The molecule has 1 fully saturated rings. The van der Waals surface area contributed by atoms with E-state index in [9.17, 15) is 13.2 Å². The fraction of sp³-hybridized carbons (Fsp3) is 0.227. The van der Waals surface area contributed by atoms with Gasteiger partial charge in [0.2, 0.25) is 10.0 Å². The molecule has 3 aromatic rings. The van der Waals surface area contributed by atoms with Crippen LogP contribution in [0.5, 0.6) is 0 Å². The molecule has 8 heteroatoms. The second kappa shape index (κ2) is 8.37. The number of piperazine rings is 1. The number of anilines is 2. The van der Waals surface area contributed by atoms with Crippen LogP contribution < -0.4 is 10.2 Å². The number of nitrogens with zero attached hydrogens (tertiary/aromatic N) is 2. The first-order chi connectivity index (χ1) is 14.3. The van der Waals surface area contributed by atoms with Crippen molar-refractivity contribution in [1.82, 2.24) is 4.31 Å². The lowest BCUT2D eigenvalue weighted by Crippen LogP contribution is -2.48. The summed E-state index contributed by atoms with van der Waals surface area (Å²) in [5, 5.41) is 4.85. The van der Waals surface area contributed by atoms with Gasteiger partial charge in [0.15, 0.2) is 0 Å². The molecule has 0 aliphatic carbocycles. The van der Waals surface area contributed by atoms with Crippen molar-refractivity contribution >= 4 is 54.0 Å². The van der Waals surface area contributed by atoms with Crippen LogP contribution in [-0.4, -0.2) is 51.1 Å². The van der Waals surface area contributed by atoms with Gasteiger partial charge in [0.05, 0.1) is 6.26 Å². The number of rotatable bonds is 4. The van der Waals surface area contributed by atoms with Crippen LogP contribution in [0.4, 0.5) is 11.4 Å². The molecule has 1 aliphatic rings. The number of benzene rings is 3. The Bertz CT molecular complexity index is 1190. The average Bonchev–Trinajstić information content (AvgIpc) is 2.74. The molecule has 1 aliphatic heterocycles. The maximum atomic E-state index is 12.9. The van der Waals surface area contributed by atoms with Gasteiger partial charge >= 0.3 is 0 Å². The van der Waals surface area contributed by atoms with Gasteiger partial charge in [0, 0.05) is 47.6 Å². The van der Waals surface area contributed by atoms with Crippen molar-refractivity contribution in [2.75, 3.05) is 42.7 Å². The number of carbonyl (C=O) groups excluding carboxylic acids is 1. The predicted octanol–water partition coefficient (Wildman–Crippen LogP) is 3.94. The SMILES string of the molecule is CS(=O)(=O)N1CCN(c2ccc(NC(=O)c3cccc4c(Br)cccc34)cc2)CC1. The van der Waals surface area contributed by atoms with Gasteiger partial charge in [-0.2, -0.15) is 4.31 Å². The van der Waals surface area contributed by atoms with Gasteiger partial charge in [0.1, 0.15) is 0 Å². The summed E-state index contributed by atoms with van der Waals surface area (Å²) in [5.41, 5.74) is 2.34. The maximum Gasteiger partial charge on any atom is 0.256 e. The molecule has 1 N–H and O–H groups in total. The van der Waals surface area contributed by atoms with Crippen molar-refractivity contribution in [3.63, 3.8) is 0 Å². The topological polar surface area (TPSA) is 69.7 Å². The zero-order valence-electron chi connectivity index (χ0n) is 16.5. The van der Waals surface area contributed by atoms with Gasteiger partial charge < -0.3 is 10.2 Å². The number of fused-ring (bicyclic) bond motifs is 1. The standard InChI is InChI=1S/C22H22BrN3O3S/c1-30(28,29)26-14-12-25(13-15-26)17-10-8-16(9-11-17)24-22(27)20-6-2-5-19-18(20)4-3-7-21(19)23/h2-11H,12-15H2,1H3,(H,24,27). The van der Waals surface area contributed by atoms with E-state index in [-0.39, 0.29) is 5.91 Å². The molecule has 0 atom stereocenters. The summed E-state index contributed by atoms with van der Waals surface area (Å²) in [6.07, 6.45) is 1.24. The number of amides is 1. The molecule has 30 heavy (non-hydrogen) atoms. The fourth-order valence-corrected chi connectivity index (χ4v) is 5.03. The Morgan fingerprint density at radius 3 is 2.20 bits per heavy atom. The third-order valence-corrected chi connectivity index (χ3v) is 7.31. The predicted molar refractivity (Wildman–Crippen MR) is 125 cm³/mol. The highest BCUT2D eigenvalue weighted by Crippen LogP contribution is 2.27. The zero-order valence-corrected chi connectivity index (χ0v) is 18.9. The number of halogens is 1. The summed E-state index contributed by atoms with van der Waals surface area (Å²) in [6.45, 7) is 2.25. The quantitative estimate of drug-likeness (QED) is 0.604. The highest BCUT2D eigenvalue weighted by atomic mass is 79.9. The highest BCUT2D eigenvalue weighted by molar-refractivity contribution is 9.10. The molecule has 0 saturated carbocycles. The molecular weight excluding hydrogens is 466 g/mol. The Balaban J connectivity index is 1.46. The number of hydrogen-bond acceptors (Lipinski definition) is 4. The third kappa shape index (κ3) is 4.35. The van der Waals surface area contributed by atoms with E-state index in [4.69, 9.17) is 0 Å². The Kier molecular flexibility index (Phi) is 5.81. The van der Waals surface area contributed by atoms with Crippen molar-refractivity contribution in [1.29, 1.82) is 0 Å². The molecule has 1 heterocycles. The molecule has 0 spiro atoms. The van der Waals surface area contributed by atoms with E-state index in [1.165, 1.54) is 10.6 Å². The Labute approximate surface area is 184 Å². The van der Waals surface area contributed by atoms with E-state index < -0.39 is 10.0 Å². The molecule has 1 amide bonds. The minimum absolute atomic E-state index is 0.159. The summed E-state index contributed by atoms with van der Waals surface area (Å²) >= 11 is 3.53. The second-order valence-electron chi connectivity index (χ2n) is 7.29. The van der Waals surface area contributed by atoms with Gasteiger partial charge in [0.25, 0.3) is 5.91 Å². The molecule has 1 saturated heterocycles. The van der Waals surface area contributed by atoms with Gasteiger partial charge in [-0.3, -0.25) is 4.79 Å². The third-order valence-electron chi connectivity index (χ3n) is 5.31. The minimum atomic E-state index is -3.14. The van der Waals surface area contributed by atoms with Gasteiger partial charge in [-0.1, -0.05) is 40.2 Å². The summed E-state index contributed by atoms with van der Waals surface area (Å²) in [5.74, 6) is -0.159. The van der Waals surface area contributed by atoms with Crippen LogP contribution in [0.25, 0.3) is 10.8 Å². The molecule has 4 rings (SSSR count). The summed E-state index contributed by atoms with van der Waals surface area (Å²) in [4.78, 5) is 15.0. The van der Waals surface area contributed by atoms with Crippen LogP contribution in [0.1, 0.15) is 10.4 Å². The molecule has 0 unspecified atom stereocenters. The summed E-state index contributed by atoms with van der Waals surface area (Å²) in [6, 6.07) is 19.1. The van der Waals surface area contributed by atoms with Crippen LogP contribution >= 0.6 is 15.9 Å². The Hall–Kier alpha value is -2.42. The number of carbonyl (C=O) groups is 1. The summed E-state index contributed by atoms with van der Waals surface area (Å²) in [7, 11) is -3.14. The smallest absolute Gasteiger partial charge is 0.256 e. The van der Waals surface area contributed by atoms with Crippen LogP contribution in [0.2, 0.25) is 0 Å². The van der Waals surface area contributed by atoms with Crippen molar-refractivity contribution in [3.05, 3.63) is 70.7 Å². The van der Waals surface area contributed by atoms with E-state index in [1.807, 2.05) is 60.7 Å². The van der Waals surface area contributed by atoms with Gasteiger partial charge in [-0.25, -0.2) is 8.42 Å². The van der Waals surface area contributed by atoms with Crippen molar-refractivity contribution in [2.24, 2.45) is 0 Å². The average molecular weight is 488 g/mol. The first-order valence-corrected chi connectivity index (χ1v) is 12.3. The second-order valence-corrected chi connectivity index (χ2v) is 10.1. The highest BCUT2D eigenvalue weighted by Gasteiger charge is 2.23.